The summed E-state index contributed by atoms with van der Waals surface area (Å²) in [6.45, 7) is 3.12. The van der Waals surface area contributed by atoms with Gasteiger partial charge in [0, 0.05) is 31.2 Å². The van der Waals surface area contributed by atoms with Gasteiger partial charge in [-0.15, -0.1) is 0 Å². The van der Waals surface area contributed by atoms with Gasteiger partial charge in [-0.25, -0.2) is 9.97 Å². The highest BCUT2D eigenvalue weighted by Gasteiger charge is 2.17. The molecule has 0 aliphatic carbocycles. The lowest BCUT2D eigenvalue weighted by Gasteiger charge is -2.20. The van der Waals surface area contributed by atoms with Crippen LogP contribution in [0.3, 0.4) is 0 Å². The molecule has 3 aromatic rings. The summed E-state index contributed by atoms with van der Waals surface area (Å²) in [7, 11) is 0. The summed E-state index contributed by atoms with van der Waals surface area (Å²) in [6.07, 6.45) is 6.57. The summed E-state index contributed by atoms with van der Waals surface area (Å²) < 4.78 is 0. The van der Waals surface area contributed by atoms with Crippen LogP contribution < -0.4 is 10.2 Å². The average Bonchev–Trinajstić information content (AvgIpc) is 2.69. The van der Waals surface area contributed by atoms with Crippen LogP contribution in [0.2, 0.25) is 0 Å². The molecule has 25 heavy (non-hydrogen) atoms. The molecular weight excluding hydrogens is 314 g/mol. The van der Waals surface area contributed by atoms with Crippen LogP contribution in [-0.4, -0.2) is 27.4 Å². The van der Waals surface area contributed by atoms with Crippen LogP contribution in [0, 0.1) is 0 Å². The van der Waals surface area contributed by atoms with Crippen LogP contribution in [-0.2, 0) is 6.54 Å². The Labute approximate surface area is 146 Å². The normalized spacial score (nSPS) is 10.3. The summed E-state index contributed by atoms with van der Waals surface area (Å²) in [5, 5.41) is 3.18. The first-order valence-corrected chi connectivity index (χ1v) is 8.09. The van der Waals surface area contributed by atoms with E-state index in [-0.39, 0.29) is 5.91 Å². The standard InChI is InChI=1S/C19H19N5O/c1-2-24(16-6-4-3-5-7-16)19(25)17-13-23-18(14-21-17)22-12-15-8-10-20-11-9-15/h3-11,13-14H,2,12H2,1H3,(H,22,23). The molecule has 0 atom stereocenters. The highest BCUT2D eigenvalue weighted by atomic mass is 16.2. The van der Waals surface area contributed by atoms with E-state index >= 15 is 0 Å². The molecule has 1 N–H and O–H groups in total. The number of anilines is 2. The van der Waals surface area contributed by atoms with Crippen molar-refractivity contribution in [1.82, 2.24) is 15.0 Å². The average molecular weight is 333 g/mol. The maximum absolute atomic E-state index is 12.7. The van der Waals surface area contributed by atoms with Gasteiger partial charge in [-0.1, -0.05) is 18.2 Å². The van der Waals surface area contributed by atoms with E-state index in [0.717, 1.165) is 11.3 Å². The van der Waals surface area contributed by atoms with Gasteiger partial charge in [-0.2, -0.15) is 0 Å². The van der Waals surface area contributed by atoms with E-state index in [9.17, 15) is 4.79 Å². The van der Waals surface area contributed by atoms with Crippen LogP contribution in [0.25, 0.3) is 0 Å². The third-order valence-electron chi connectivity index (χ3n) is 3.72. The van der Waals surface area contributed by atoms with E-state index in [1.165, 1.54) is 6.20 Å². The van der Waals surface area contributed by atoms with Crippen molar-refractivity contribution >= 4 is 17.4 Å². The maximum atomic E-state index is 12.7. The molecular formula is C19H19N5O. The third-order valence-corrected chi connectivity index (χ3v) is 3.72. The summed E-state index contributed by atoms with van der Waals surface area (Å²) in [5.74, 6) is 0.456. The first-order valence-electron chi connectivity index (χ1n) is 8.09. The third kappa shape index (κ3) is 4.17. The molecule has 0 saturated carbocycles. The van der Waals surface area contributed by atoms with Crippen LogP contribution in [0.15, 0.2) is 67.3 Å². The minimum atomic E-state index is -0.165. The highest BCUT2D eigenvalue weighted by molar-refractivity contribution is 6.04. The fraction of sp³-hybridized carbons (Fsp3) is 0.158. The number of rotatable bonds is 6. The van der Waals surface area contributed by atoms with Gasteiger partial charge in [-0.3, -0.25) is 9.78 Å². The van der Waals surface area contributed by atoms with Gasteiger partial charge in [0.25, 0.3) is 5.91 Å². The van der Waals surface area contributed by atoms with Crippen molar-refractivity contribution in [2.75, 3.05) is 16.8 Å². The number of aromatic nitrogens is 3. The molecule has 0 radical (unpaired) electrons. The van der Waals surface area contributed by atoms with Gasteiger partial charge >= 0.3 is 0 Å². The second kappa shape index (κ2) is 8.01. The Kier molecular flexibility index (Phi) is 5.31. The lowest BCUT2D eigenvalue weighted by Crippen LogP contribution is -2.31. The zero-order chi connectivity index (χ0) is 17.5. The lowest BCUT2D eigenvalue weighted by molar-refractivity contribution is 0.0983. The van der Waals surface area contributed by atoms with Crippen LogP contribution >= 0.6 is 0 Å². The van der Waals surface area contributed by atoms with Crippen molar-refractivity contribution < 1.29 is 4.79 Å². The van der Waals surface area contributed by atoms with Crippen molar-refractivity contribution in [1.29, 1.82) is 0 Å². The summed E-state index contributed by atoms with van der Waals surface area (Å²) in [5.41, 5.74) is 2.26. The summed E-state index contributed by atoms with van der Waals surface area (Å²) >= 11 is 0. The number of pyridine rings is 1. The molecule has 6 nitrogen and oxygen atoms in total. The Balaban J connectivity index is 1.68. The number of benzene rings is 1. The van der Waals surface area contributed by atoms with Crippen molar-refractivity contribution in [3.63, 3.8) is 0 Å². The van der Waals surface area contributed by atoms with E-state index in [1.807, 2.05) is 49.4 Å². The van der Waals surface area contributed by atoms with Crippen molar-refractivity contribution in [2.24, 2.45) is 0 Å². The lowest BCUT2D eigenvalue weighted by atomic mass is 10.2. The van der Waals surface area contributed by atoms with Crippen molar-refractivity contribution in [2.45, 2.75) is 13.5 Å². The molecule has 3 rings (SSSR count). The van der Waals surface area contributed by atoms with Gasteiger partial charge in [0.2, 0.25) is 0 Å². The highest BCUT2D eigenvalue weighted by Crippen LogP contribution is 2.16. The fourth-order valence-corrected chi connectivity index (χ4v) is 2.41. The molecule has 0 fully saturated rings. The first-order chi connectivity index (χ1) is 12.3. The monoisotopic (exact) mass is 333 g/mol. The maximum Gasteiger partial charge on any atom is 0.278 e. The largest absolute Gasteiger partial charge is 0.365 e. The Morgan fingerprint density at radius 2 is 1.80 bits per heavy atom. The quantitative estimate of drug-likeness (QED) is 0.750. The molecule has 6 heteroatoms. The molecule has 0 spiro atoms. The Bertz CT molecular complexity index is 806. The number of nitrogens with one attached hydrogen (secondary N) is 1. The second-order valence-electron chi connectivity index (χ2n) is 5.38. The fourth-order valence-electron chi connectivity index (χ4n) is 2.41. The SMILES string of the molecule is CCN(C(=O)c1cnc(NCc2ccncc2)cn1)c1ccccc1. The van der Waals surface area contributed by atoms with Crippen LogP contribution in [0.1, 0.15) is 23.0 Å². The predicted octanol–water partition coefficient (Wildman–Crippen LogP) is 3.15. The summed E-state index contributed by atoms with van der Waals surface area (Å²) in [4.78, 5) is 26.9. The van der Waals surface area contributed by atoms with E-state index < -0.39 is 0 Å². The minimum Gasteiger partial charge on any atom is -0.365 e. The topological polar surface area (TPSA) is 71.0 Å². The van der Waals surface area contributed by atoms with E-state index in [0.29, 0.717) is 24.6 Å². The molecule has 126 valence electrons. The van der Waals surface area contributed by atoms with Gasteiger partial charge in [-0.05, 0) is 36.8 Å². The van der Waals surface area contributed by atoms with E-state index in [2.05, 4.69) is 20.3 Å². The molecule has 0 saturated heterocycles. The zero-order valence-electron chi connectivity index (χ0n) is 14.0. The molecule has 2 heterocycles. The Morgan fingerprint density at radius 3 is 2.44 bits per heavy atom. The molecule has 0 aliphatic rings. The molecule has 1 aromatic carbocycles. The van der Waals surface area contributed by atoms with Gasteiger partial charge < -0.3 is 10.2 Å². The number of nitrogens with zero attached hydrogens (tertiary/aromatic N) is 4. The van der Waals surface area contributed by atoms with E-state index in [4.69, 9.17) is 0 Å². The number of carbonyl (C=O) groups excluding carboxylic acids is 1. The Hall–Kier alpha value is -3.28. The number of para-hydroxylation sites is 1. The number of amides is 1. The molecule has 0 bridgehead atoms. The van der Waals surface area contributed by atoms with E-state index in [1.54, 1.807) is 23.5 Å². The zero-order valence-corrected chi connectivity index (χ0v) is 14.0. The van der Waals surface area contributed by atoms with Gasteiger partial charge in [0.05, 0.1) is 12.4 Å². The van der Waals surface area contributed by atoms with Gasteiger partial charge in [0.1, 0.15) is 11.5 Å². The Morgan fingerprint density at radius 1 is 1.04 bits per heavy atom. The molecule has 0 unspecified atom stereocenters. The number of hydrogen-bond donors (Lipinski definition) is 1. The second-order valence-corrected chi connectivity index (χ2v) is 5.38. The van der Waals surface area contributed by atoms with Crippen molar-refractivity contribution in [3.8, 4) is 0 Å². The number of hydrogen-bond acceptors (Lipinski definition) is 5. The minimum absolute atomic E-state index is 0.165. The van der Waals surface area contributed by atoms with Crippen molar-refractivity contribution in [3.05, 3.63) is 78.5 Å². The number of carbonyl (C=O) groups is 1. The molecule has 2 aromatic heterocycles. The van der Waals surface area contributed by atoms with Crippen LogP contribution in [0.5, 0.6) is 0 Å². The molecule has 1 amide bonds. The predicted molar refractivity (Wildman–Crippen MR) is 97.4 cm³/mol. The van der Waals surface area contributed by atoms with Crippen LogP contribution in [0.4, 0.5) is 11.5 Å². The first kappa shape index (κ1) is 16.6. The summed E-state index contributed by atoms with van der Waals surface area (Å²) in [6, 6.07) is 13.4. The molecule has 0 aliphatic heterocycles. The smallest absolute Gasteiger partial charge is 0.278 e. The van der Waals surface area contributed by atoms with Gasteiger partial charge in [0.15, 0.2) is 0 Å².